The second-order valence-corrected chi connectivity index (χ2v) is 4.23. The van der Waals surface area contributed by atoms with Crippen LogP contribution in [-0.4, -0.2) is 23.7 Å². The molecule has 0 saturated carbocycles. The topological polar surface area (TPSA) is 50.9 Å². The molecule has 0 fully saturated rings. The fourth-order valence-corrected chi connectivity index (χ4v) is 1.63. The normalized spacial score (nSPS) is 19.1. The number of aliphatic imine (C=N–C) groups is 1. The Balaban J connectivity index is 1.99. The number of ether oxygens (including phenoxy) is 1. The Morgan fingerprint density at radius 3 is 3.12 bits per heavy atom. The lowest BCUT2D eigenvalue weighted by Gasteiger charge is -2.26. The molecular weight excluding hydrogens is 238 g/mol. The highest BCUT2D eigenvalue weighted by Gasteiger charge is 2.16. The molecule has 0 aliphatic carbocycles. The minimum Gasteiger partial charge on any atom is -0.473 e. The Kier molecular flexibility index (Phi) is 3.54. The van der Waals surface area contributed by atoms with Crippen molar-refractivity contribution in [3.05, 3.63) is 41.9 Å². The van der Waals surface area contributed by atoms with Gasteiger partial charge >= 0.3 is 0 Å². The van der Waals surface area contributed by atoms with Crippen LogP contribution < -0.4 is 5.73 Å². The quantitative estimate of drug-likeness (QED) is 0.509. The predicted octanol–water partition coefficient (Wildman–Crippen LogP) is 2.17. The van der Waals surface area contributed by atoms with E-state index < -0.39 is 0 Å². The average Bonchev–Trinajstić information content (AvgIpc) is 2.31. The first-order valence-corrected chi connectivity index (χ1v) is 5.68. The zero-order valence-corrected chi connectivity index (χ0v) is 10.3. The van der Waals surface area contributed by atoms with Crippen molar-refractivity contribution >= 4 is 23.5 Å². The van der Waals surface area contributed by atoms with E-state index in [9.17, 15) is 0 Å². The van der Waals surface area contributed by atoms with Crippen molar-refractivity contribution in [2.45, 2.75) is 12.1 Å². The lowest BCUT2D eigenvalue weighted by Crippen LogP contribution is -2.30. The molecule has 1 aromatic carbocycles. The van der Waals surface area contributed by atoms with Gasteiger partial charge < -0.3 is 15.4 Å². The van der Waals surface area contributed by atoms with Gasteiger partial charge in [0, 0.05) is 18.9 Å². The summed E-state index contributed by atoms with van der Waals surface area (Å²) in [6.07, 6.45) is 3.29. The first-order valence-electron chi connectivity index (χ1n) is 5.24. The summed E-state index contributed by atoms with van der Waals surface area (Å²) in [5, 5.41) is 0. The molecule has 0 spiro atoms. The van der Waals surface area contributed by atoms with Crippen LogP contribution in [0.5, 0.6) is 0 Å². The van der Waals surface area contributed by atoms with Gasteiger partial charge in [-0.1, -0.05) is 23.7 Å². The number of nitrogens with two attached hydrogens (primary N) is 1. The van der Waals surface area contributed by atoms with Crippen molar-refractivity contribution < 1.29 is 4.74 Å². The number of hydrogen-bond donors (Lipinski definition) is 1. The molecule has 0 saturated heterocycles. The molecule has 2 N–H and O–H groups in total. The Labute approximate surface area is 105 Å². The zero-order valence-electron chi connectivity index (χ0n) is 9.51. The van der Waals surface area contributed by atoms with E-state index in [0.717, 1.165) is 11.3 Å². The van der Waals surface area contributed by atoms with Crippen LogP contribution in [-0.2, 0) is 11.3 Å². The molecule has 1 unspecified atom stereocenters. The summed E-state index contributed by atoms with van der Waals surface area (Å²) in [5.74, 6) is 0.648. The van der Waals surface area contributed by atoms with E-state index in [-0.39, 0.29) is 5.50 Å². The number of hydrogen-bond acceptors (Lipinski definition) is 4. The van der Waals surface area contributed by atoms with E-state index in [0.29, 0.717) is 12.5 Å². The molecule has 90 valence electrons. The van der Waals surface area contributed by atoms with Crippen molar-refractivity contribution in [2.75, 3.05) is 12.8 Å². The predicted molar refractivity (Wildman–Crippen MR) is 69.6 cm³/mol. The fraction of sp³-hybridized carbons (Fsp3) is 0.250. The minimum atomic E-state index is -0.268. The summed E-state index contributed by atoms with van der Waals surface area (Å²) in [4.78, 5) is 5.82. The number of alkyl halides is 1. The molecule has 1 aliphatic heterocycles. The molecule has 2 rings (SSSR count). The first-order chi connectivity index (χ1) is 8.16. The summed E-state index contributed by atoms with van der Waals surface area (Å²) in [7, 11) is 1.86. The van der Waals surface area contributed by atoms with Gasteiger partial charge in [0.15, 0.2) is 0 Å². The number of anilines is 1. The lowest BCUT2D eigenvalue weighted by molar-refractivity contribution is 0.116. The molecule has 5 heteroatoms. The first kappa shape index (κ1) is 11.8. The fourth-order valence-electron chi connectivity index (χ4n) is 1.47. The van der Waals surface area contributed by atoms with Crippen LogP contribution in [0.25, 0.3) is 0 Å². The molecule has 1 heterocycles. The highest BCUT2D eigenvalue weighted by atomic mass is 35.5. The van der Waals surface area contributed by atoms with Crippen molar-refractivity contribution in [3.8, 4) is 0 Å². The van der Waals surface area contributed by atoms with Crippen molar-refractivity contribution in [1.29, 1.82) is 0 Å². The largest absolute Gasteiger partial charge is 0.473 e. The molecule has 0 aromatic heterocycles. The monoisotopic (exact) mass is 251 g/mol. The molecule has 0 amide bonds. The van der Waals surface area contributed by atoms with E-state index in [2.05, 4.69) is 4.99 Å². The summed E-state index contributed by atoms with van der Waals surface area (Å²) in [6, 6.07) is 7.58. The second-order valence-electron chi connectivity index (χ2n) is 3.78. The maximum absolute atomic E-state index is 6.00. The van der Waals surface area contributed by atoms with Crippen LogP contribution in [0.15, 0.2) is 41.3 Å². The Hall–Kier alpha value is -1.68. The minimum absolute atomic E-state index is 0.268. The van der Waals surface area contributed by atoms with E-state index in [1.165, 1.54) is 0 Å². The van der Waals surface area contributed by atoms with Gasteiger partial charge in [0.25, 0.3) is 0 Å². The highest BCUT2D eigenvalue weighted by molar-refractivity contribution is 6.28. The molecule has 1 aromatic rings. The lowest BCUT2D eigenvalue weighted by atomic mass is 10.2. The van der Waals surface area contributed by atoms with Crippen LogP contribution in [0.1, 0.15) is 5.56 Å². The van der Waals surface area contributed by atoms with Crippen LogP contribution in [0.3, 0.4) is 0 Å². The molecule has 1 aliphatic rings. The van der Waals surface area contributed by atoms with Crippen LogP contribution in [0, 0.1) is 0 Å². The number of nitrogen functional groups attached to an aromatic ring is 1. The average molecular weight is 252 g/mol. The van der Waals surface area contributed by atoms with Crippen molar-refractivity contribution in [3.63, 3.8) is 0 Å². The Morgan fingerprint density at radius 2 is 2.35 bits per heavy atom. The van der Waals surface area contributed by atoms with E-state index in [1.807, 2.05) is 31.3 Å². The number of nitrogens with zero attached hydrogens (tertiary/aromatic N) is 2. The number of halogens is 1. The van der Waals surface area contributed by atoms with Gasteiger partial charge in [-0.3, -0.25) is 4.99 Å². The molecule has 17 heavy (non-hydrogen) atoms. The summed E-state index contributed by atoms with van der Waals surface area (Å²) < 4.78 is 5.64. The van der Waals surface area contributed by atoms with Gasteiger partial charge in [-0.05, 0) is 17.7 Å². The molecular formula is C12H14ClN3O. The molecule has 4 nitrogen and oxygen atoms in total. The van der Waals surface area contributed by atoms with E-state index >= 15 is 0 Å². The molecule has 0 radical (unpaired) electrons. The zero-order chi connectivity index (χ0) is 12.3. The summed E-state index contributed by atoms with van der Waals surface area (Å²) in [5.41, 5.74) is 7.16. The van der Waals surface area contributed by atoms with Gasteiger partial charge in [0.05, 0.1) is 6.20 Å². The SMILES string of the molecule is CN1C(OCc2cccc(N)c2)=CN=CC1Cl. The maximum Gasteiger partial charge on any atom is 0.209 e. The van der Waals surface area contributed by atoms with Crippen molar-refractivity contribution in [2.24, 2.45) is 4.99 Å². The number of benzene rings is 1. The second kappa shape index (κ2) is 5.10. The van der Waals surface area contributed by atoms with Gasteiger partial charge in [0.1, 0.15) is 12.1 Å². The van der Waals surface area contributed by atoms with E-state index in [1.54, 1.807) is 17.3 Å². The molecule has 0 bridgehead atoms. The Bertz CT molecular complexity index is 459. The standard InChI is InChI=1S/C12H14ClN3O/c1-16-11(13)6-15-7-12(16)17-8-9-3-2-4-10(14)5-9/h2-7,11H,8,14H2,1H3. The van der Waals surface area contributed by atoms with Crippen LogP contribution >= 0.6 is 11.6 Å². The van der Waals surface area contributed by atoms with Gasteiger partial charge in [0.2, 0.25) is 5.88 Å². The van der Waals surface area contributed by atoms with Crippen LogP contribution in [0.4, 0.5) is 5.69 Å². The number of rotatable bonds is 3. The Morgan fingerprint density at radius 1 is 1.53 bits per heavy atom. The third kappa shape index (κ3) is 2.91. The smallest absolute Gasteiger partial charge is 0.209 e. The van der Waals surface area contributed by atoms with E-state index in [4.69, 9.17) is 22.1 Å². The van der Waals surface area contributed by atoms with Gasteiger partial charge in [-0.2, -0.15) is 0 Å². The van der Waals surface area contributed by atoms with Gasteiger partial charge in [-0.15, -0.1) is 0 Å². The maximum atomic E-state index is 6.00. The molecule has 1 atom stereocenters. The third-order valence-corrected chi connectivity index (χ3v) is 2.85. The highest BCUT2D eigenvalue weighted by Crippen LogP contribution is 2.17. The summed E-state index contributed by atoms with van der Waals surface area (Å²) in [6.45, 7) is 0.445. The summed E-state index contributed by atoms with van der Waals surface area (Å²) >= 11 is 6.00. The van der Waals surface area contributed by atoms with Crippen molar-refractivity contribution in [1.82, 2.24) is 4.90 Å². The van der Waals surface area contributed by atoms with Crippen LogP contribution in [0.2, 0.25) is 0 Å². The third-order valence-electron chi connectivity index (χ3n) is 2.45. The van der Waals surface area contributed by atoms with Gasteiger partial charge in [-0.25, -0.2) is 0 Å².